The van der Waals surface area contributed by atoms with Crippen LogP contribution < -0.4 is 10.2 Å². The molecule has 2 aromatic carbocycles. The van der Waals surface area contributed by atoms with Crippen molar-refractivity contribution >= 4 is 50.1 Å². The van der Waals surface area contributed by atoms with Crippen LogP contribution in [0.2, 0.25) is 5.02 Å². The summed E-state index contributed by atoms with van der Waals surface area (Å²) in [5.41, 5.74) is 0.104. The zero-order chi connectivity index (χ0) is 31.4. The van der Waals surface area contributed by atoms with Gasteiger partial charge in [-0.3, -0.25) is 0 Å². The van der Waals surface area contributed by atoms with Crippen LogP contribution in [-0.2, 0) is 16.2 Å². The minimum atomic E-state index is -4.64. The zero-order valence-electron chi connectivity index (χ0n) is 23.3. The molecule has 2 fully saturated rings. The molecule has 0 radical (unpaired) electrons. The molecule has 1 saturated carbocycles. The van der Waals surface area contributed by atoms with Crippen LogP contribution in [0, 0.1) is 23.2 Å². The number of amides is 2. The van der Waals surface area contributed by atoms with E-state index < -0.39 is 32.8 Å². The maximum atomic E-state index is 13.4. The molecular formula is C30H26ClF3N6O3S. The summed E-state index contributed by atoms with van der Waals surface area (Å²) in [5.74, 6) is 0.296. The van der Waals surface area contributed by atoms with Crippen LogP contribution in [-0.4, -0.2) is 54.5 Å². The highest BCUT2D eigenvalue weighted by Gasteiger charge is 2.44. The molecule has 2 aliphatic rings. The summed E-state index contributed by atoms with van der Waals surface area (Å²) in [6, 6.07) is 14.6. The van der Waals surface area contributed by atoms with Crippen molar-refractivity contribution in [2.75, 3.05) is 30.4 Å². The second kappa shape index (κ2) is 11.0. The lowest BCUT2D eigenvalue weighted by molar-refractivity contribution is -0.137. The predicted molar refractivity (Wildman–Crippen MR) is 159 cm³/mol. The Morgan fingerprint density at radius 2 is 1.80 bits per heavy atom. The number of aromatic nitrogens is 2. The van der Waals surface area contributed by atoms with Crippen LogP contribution in [0.3, 0.4) is 0 Å². The van der Waals surface area contributed by atoms with E-state index in [1.54, 1.807) is 29.2 Å². The number of urea groups is 1. The molecule has 1 saturated heterocycles. The van der Waals surface area contributed by atoms with Gasteiger partial charge in [-0.15, -0.1) is 0 Å². The van der Waals surface area contributed by atoms with E-state index in [2.05, 4.69) is 16.4 Å². The van der Waals surface area contributed by atoms with E-state index in [-0.39, 0.29) is 34.1 Å². The molecule has 2 aromatic heterocycles. The van der Waals surface area contributed by atoms with Crippen molar-refractivity contribution < 1.29 is 26.4 Å². The van der Waals surface area contributed by atoms with Gasteiger partial charge in [-0.1, -0.05) is 29.8 Å². The monoisotopic (exact) mass is 642 g/mol. The van der Waals surface area contributed by atoms with Crippen LogP contribution in [0.25, 0.3) is 11.0 Å². The van der Waals surface area contributed by atoms with Crippen molar-refractivity contribution in [2.45, 2.75) is 30.0 Å². The summed E-state index contributed by atoms with van der Waals surface area (Å²) >= 11 is 5.69. The van der Waals surface area contributed by atoms with Crippen LogP contribution in [0.1, 0.15) is 24.0 Å². The van der Waals surface area contributed by atoms with E-state index in [1.165, 1.54) is 30.6 Å². The third kappa shape index (κ3) is 5.22. The average Bonchev–Trinajstić information content (AvgIpc) is 3.71. The second-order valence-electron chi connectivity index (χ2n) is 11.1. The van der Waals surface area contributed by atoms with Crippen LogP contribution in [0.5, 0.6) is 0 Å². The molecule has 228 valence electrons. The van der Waals surface area contributed by atoms with Gasteiger partial charge in [0.25, 0.3) is 10.0 Å². The number of hydrogen-bond donors (Lipinski definition) is 1. The Kier molecular flexibility index (Phi) is 7.45. The van der Waals surface area contributed by atoms with Gasteiger partial charge in [0, 0.05) is 49.6 Å². The van der Waals surface area contributed by atoms with E-state index >= 15 is 0 Å². The van der Waals surface area contributed by atoms with Crippen LogP contribution in [0.15, 0.2) is 71.9 Å². The summed E-state index contributed by atoms with van der Waals surface area (Å²) in [7, 11) is -2.05. The molecule has 9 nitrogen and oxygen atoms in total. The second-order valence-corrected chi connectivity index (χ2v) is 13.3. The SMILES string of the molecule is CN(c1c(C#N)cnc2c1ccn2S(=O)(=O)c1ccccc1)C1C[C@@H]2CN(C(=O)Nc3ccc(Cl)c(C(F)(F)F)c3)C[C@@H]2C1. The van der Waals surface area contributed by atoms with E-state index in [9.17, 15) is 31.6 Å². The molecule has 1 N–H and O–H groups in total. The van der Waals surface area contributed by atoms with E-state index in [4.69, 9.17) is 11.6 Å². The standard InChI is InChI=1S/C30H26ClF3N6O3S/c1-38(27-20(14-35)15-36-28-24(27)9-10-40(28)44(42,43)23-5-3-2-4-6-23)22-11-18-16-39(17-19(18)12-22)29(41)37-21-7-8-26(31)25(13-21)30(32,33)34/h2-10,13,15,18-19,22H,11-12,16-17H2,1H3,(H,37,41)/t18-,19+,22?. The summed E-state index contributed by atoms with van der Waals surface area (Å²) in [4.78, 5) is 21.0. The minimum Gasteiger partial charge on any atom is -0.370 e. The summed E-state index contributed by atoms with van der Waals surface area (Å²) in [6.45, 7) is 0.867. The largest absolute Gasteiger partial charge is 0.417 e. The third-order valence-electron chi connectivity index (χ3n) is 8.51. The number of nitriles is 1. The fraction of sp³-hybridized carbons (Fsp3) is 0.300. The maximum absolute atomic E-state index is 13.4. The number of alkyl halides is 3. The number of hydrogen-bond acceptors (Lipinski definition) is 6. The van der Waals surface area contributed by atoms with Crippen molar-refractivity contribution in [2.24, 2.45) is 11.8 Å². The van der Waals surface area contributed by atoms with E-state index in [1.807, 2.05) is 11.9 Å². The molecular weight excluding hydrogens is 617 g/mol. The minimum absolute atomic E-state index is 0.00704. The van der Waals surface area contributed by atoms with Gasteiger partial charge in [0.05, 0.1) is 26.7 Å². The van der Waals surface area contributed by atoms with Gasteiger partial charge >= 0.3 is 12.2 Å². The fourth-order valence-electron chi connectivity index (χ4n) is 6.37. The van der Waals surface area contributed by atoms with Crippen molar-refractivity contribution in [3.05, 3.63) is 83.1 Å². The molecule has 0 bridgehead atoms. The van der Waals surface area contributed by atoms with E-state index in [0.29, 0.717) is 42.6 Å². The Morgan fingerprint density at radius 3 is 2.43 bits per heavy atom. The number of halogens is 4. The number of rotatable bonds is 5. The maximum Gasteiger partial charge on any atom is 0.417 e. The van der Waals surface area contributed by atoms with Gasteiger partial charge in [0.1, 0.15) is 6.07 Å². The van der Waals surface area contributed by atoms with Gasteiger partial charge in [0.2, 0.25) is 0 Å². The molecule has 1 aliphatic heterocycles. The van der Waals surface area contributed by atoms with Crippen LogP contribution >= 0.6 is 11.6 Å². The molecule has 3 atom stereocenters. The third-order valence-corrected chi connectivity index (χ3v) is 10.5. The highest BCUT2D eigenvalue weighted by molar-refractivity contribution is 7.90. The molecule has 1 unspecified atom stereocenters. The first-order chi connectivity index (χ1) is 20.9. The normalized spacial score (nSPS) is 20.0. The number of benzene rings is 2. The predicted octanol–water partition coefficient (Wildman–Crippen LogP) is 6.20. The number of nitrogens with zero attached hydrogens (tertiary/aromatic N) is 5. The molecule has 3 heterocycles. The Bertz CT molecular complexity index is 1890. The van der Waals surface area contributed by atoms with Gasteiger partial charge in [0.15, 0.2) is 5.65 Å². The van der Waals surface area contributed by atoms with Gasteiger partial charge in [-0.25, -0.2) is 22.2 Å². The van der Waals surface area contributed by atoms with Gasteiger partial charge in [-0.2, -0.15) is 18.4 Å². The number of likely N-dealkylation sites (tertiary alicyclic amines) is 1. The first-order valence-electron chi connectivity index (χ1n) is 13.7. The van der Waals surface area contributed by atoms with Crippen molar-refractivity contribution in [3.8, 4) is 6.07 Å². The topological polar surface area (TPSA) is 111 Å². The first-order valence-corrected chi connectivity index (χ1v) is 15.6. The number of pyridine rings is 1. The Morgan fingerprint density at radius 1 is 1.11 bits per heavy atom. The Balaban J connectivity index is 1.18. The molecule has 2 amide bonds. The number of carbonyl (C=O) groups excluding carboxylic acids is 1. The van der Waals surface area contributed by atoms with Crippen molar-refractivity contribution in [3.63, 3.8) is 0 Å². The summed E-state index contributed by atoms with van der Waals surface area (Å²) in [6.07, 6.45) is -0.400. The number of fused-ring (bicyclic) bond motifs is 2. The summed E-state index contributed by atoms with van der Waals surface area (Å²) < 4.78 is 67.6. The number of carbonyl (C=O) groups is 1. The number of nitrogens with one attached hydrogen (secondary N) is 1. The molecule has 6 rings (SSSR count). The van der Waals surface area contributed by atoms with Crippen molar-refractivity contribution in [1.29, 1.82) is 5.26 Å². The first kappa shape index (κ1) is 29.8. The Hall–Kier alpha value is -4.28. The highest BCUT2D eigenvalue weighted by Crippen LogP contribution is 2.43. The highest BCUT2D eigenvalue weighted by atomic mass is 35.5. The molecule has 0 spiro atoms. The van der Waals surface area contributed by atoms with Crippen molar-refractivity contribution in [1.82, 2.24) is 13.9 Å². The van der Waals surface area contributed by atoms with E-state index in [0.717, 1.165) is 16.1 Å². The lowest BCUT2D eigenvalue weighted by Gasteiger charge is -2.29. The fourth-order valence-corrected chi connectivity index (χ4v) is 7.91. The average molecular weight is 643 g/mol. The molecule has 44 heavy (non-hydrogen) atoms. The lowest BCUT2D eigenvalue weighted by Crippen LogP contribution is -2.36. The quantitative estimate of drug-likeness (QED) is 0.278. The van der Waals surface area contributed by atoms with Gasteiger partial charge < -0.3 is 15.1 Å². The smallest absolute Gasteiger partial charge is 0.370 e. The number of anilines is 2. The molecule has 14 heteroatoms. The summed E-state index contributed by atoms with van der Waals surface area (Å²) in [5, 5.41) is 12.6. The van der Waals surface area contributed by atoms with Gasteiger partial charge in [-0.05, 0) is 61.1 Å². The van der Waals surface area contributed by atoms with Crippen LogP contribution in [0.4, 0.5) is 29.3 Å². The zero-order valence-corrected chi connectivity index (χ0v) is 24.9. The molecule has 4 aromatic rings. The molecule has 1 aliphatic carbocycles. The lowest BCUT2D eigenvalue weighted by atomic mass is 10.0. The Labute approximate surface area is 256 Å².